The van der Waals surface area contributed by atoms with Gasteiger partial charge in [-0.15, -0.1) is 0 Å². The van der Waals surface area contributed by atoms with Crippen molar-refractivity contribution in [3.63, 3.8) is 0 Å². The van der Waals surface area contributed by atoms with Crippen LogP contribution in [0.4, 0.5) is 5.69 Å². The van der Waals surface area contributed by atoms with E-state index in [1.807, 2.05) is 42.5 Å². The summed E-state index contributed by atoms with van der Waals surface area (Å²) < 4.78 is 0. The van der Waals surface area contributed by atoms with Gasteiger partial charge in [-0.1, -0.05) is 30.3 Å². The van der Waals surface area contributed by atoms with E-state index in [0.717, 1.165) is 16.8 Å². The molecule has 1 heterocycles. The van der Waals surface area contributed by atoms with E-state index >= 15 is 0 Å². The number of nitrogens with two attached hydrogens (primary N) is 1. The van der Waals surface area contributed by atoms with E-state index in [1.165, 1.54) is 0 Å². The van der Waals surface area contributed by atoms with Crippen LogP contribution in [0.1, 0.15) is 36.0 Å². The number of anilines is 1. The summed E-state index contributed by atoms with van der Waals surface area (Å²) in [5, 5.41) is 9.06. The normalized spacial score (nSPS) is 19.7. The zero-order valence-corrected chi connectivity index (χ0v) is 13.1. The summed E-state index contributed by atoms with van der Waals surface area (Å²) in [5.41, 5.74) is 9.38. The van der Waals surface area contributed by atoms with Crippen molar-refractivity contribution in [2.75, 3.05) is 4.90 Å². The highest BCUT2D eigenvalue weighted by Crippen LogP contribution is 2.38. The summed E-state index contributed by atoms with van der Waals surface area (Å²) in [4.78, 5) is 14.1. The zero-order valence-electron chi connectivity index (χ0n) is 13.1. The largest absolute Gasteiger partial charge is 0.369 e. The third-order valence-electron chi connectivity index (χ3n) is 4.48. The Morgan fingerprint density at radius 1 is 1.30 bits per heavy atom. The quantitative estimate of drug-likeness (QED) is 0.947. The van der Waals surface area contributed by atoms with Gasteiger partial charge in [0.25, 0.3) is 0 Å². The first kappa shape index (κ1) is 15.1. The maximum atomic E-state index is 11.8. The third kappa shape index (κ3) is 2.91. The molecule has 1 amide bonds. The lowest BCUT2D eigenvalue weighted by Gasteiger charge is -2.40. The van der Waals surface area contributed by atoms with Crippen LogP contribution in [0, 0.1) is 11.3 Å². The molecule has 2 aromatic carbocycles. The maximum absolute atomic E-state index is 11.8. The van der Waals surface area contributed by atoms with Crippen LogP contribution in [0.15, 0.2) is 48.5 Å². The molecule has 0 spiro atoms. The molecule has 0 radical (unpaired) electrons. The van der Waals surface area contributed by atoms with E-state index < -0.39 is 0 Å². The number of rotatable bonds is 3. The van der Waals surface area contributed by atoms with E-state index in [-0.39, 0.29) is 17.9 Å². The van der Waals surface area contributed by atoms with Gasteiger partial charge in [0.2, 0.25) is 5.91 Å². The minimum atomic E-state index is -0.268. The molecule has 0 fully saturated rings. The van der Waals surface area contributed by atoms with Gasteiger partial charge in [0, 0.05) is 18.3 Å². The lowest BCUT2D eigenvalue weighted by molar-refractivity contribution is -0.119. The second-order valence-corrected chi connectivity index (χ2v) is 6.04. The molecule has 4 nitrogen and oxygen atoms in total. The fourth-order valence-corrected chi connectivity index (χ4v) is 3.32. The second-order valence-electron chi connectivity index (χ2n) is 6.04. The first-order valence-electron chi connectivity index (χ1n) is 7.74. The van der Waals surface area contributed by atoms with E-state index in [1.54, 1.807) is 6.07 Å². The molecule has 3 rings (SSSR count). The van der Waals surface area contributed by atoms with Crippen molar-refractivity contribution in [3.8, 4) is 6.07 Å². The van der Waals surface area contributed by atoms with Crippen molar-refractivity contribution in [3.05, 3.63) is 65.2 Å². The van der Waals surface area contributed by atoms with Gasteiger partial charge in [-0.3, -0.25) is 4.79 Å². The molecule has 0 bridgehead atoms. The van der Waals surface area contributed by atoms with Gasteiger partial charge in [-0.2, -0.15) is 5.26 Å². The average molecular weight is 305 g/mol. The van der Waals surface area contributed by atoms with E-state index in [0.29, 0.717) is 18.5 Å². The molecule has 2 aromatic rings. The van der Waals surface area contributed by atoms with Crippen molar-refractivity contribution >= 4 is 11.6 Å². The van der Waals surface area contributed by atoms with Crippen LogP contribution in [0.5, 0.6) is 0 Å². The summed E-state index contributed by atoms with van der Waals surface area (Å²) in [6.45, 7) is 2.82. The third-order valence-corrected chi connectivity index (χ3v) is 4.48. The summed E-state index contributed by atoms with van der Waals surface area (Å²) >= 11 is 0. The van der Waals surface area contributed by atoms with E-state index in [4.69, 9.17) is 11.0 Å². The summed E-state index contributed by atoms with van der Waals surface area (Å²) in [7, 11) is 0. The van der Waals surface area contributed by atoms with E-state index in [2.05, 4.69) is 17.9 Å². The highest BCUT2D eigenvalue weighted by molar-refractivity contribution is 5.85. The Bertz CT molecular complexity index is 778. The molecule has 23 heavy (non-hydrogen) atoms. The van der Waals surface area contributed by atoms with Crippen LogP contribution < -0.4 is 10.6 Å². The molecule has 2 N–H and O–H groups in total. The predicted molar refractivity (Wildman–Crippen MR) is 89.8 cm³/mol. The van der Waals surface area contributed by atoms with Crippen LogP contribution in [0.3, 0.4) is 0 Å². The molecule has 0 aromatic heterocycles. The van der Waals surface area contributed by atoms with Crippen molar-refractivity contribution in [2.24, 2.45) is 5.73 Å². The number of primary amides is 1. The number of carbonyl (C=O) groups is 1. The number of hydrogen-bond donors (Lipinski definition) is 1. The highest BCUT2D eigenvalue weighted by atomic mass is 16.1. The molecule has 116 valence electrons. The fraction of sp³-hybridized carbons (Fsp3) is 0.263. The summed E-state index contributed by atoms with van der Waals surface area (Å²) in [6, 6.07) is 18.0. The predicted octanol–water partition coefficient (Wildman–Crippen LogP) is 2.93. The van der Waals surface area contributed by atoms with Crippen LogP contribution in [-0.4, -0.2) is 11.9 Å². The SMILES string of the molecule is C[C@@H]1C[C@H](C(N)=O)c2ccccc2N1Cc1cccc(C#N)c1. The number of carbonyl (C=O) groups excluding carboxylic acids is 1. The molecule has 0 aliphatic carbocycles. The lowest BCUT2D eigenvalue weighted by atomic mass is 9.85. The molecule has 1 aliphatic rings. The Morgan fingerprint density at radius 2 is 2.09 bits per heavy atom. The molecule has 4 heteroatoms. The molecular weight excluding hydrogens is 286 g/mol. The molecule has 0 saturated heterocycles. The standard InChI is InChI=1S/C19H19N3O/c1-13-9-17(19(21)23)16-7-2-3-8-18(16)22(13)12-15-6-4-5-14(10-15)11-20/h2-8,10,13,17H,9,12H2,1H3,(H2,21,23)/t13-,17+/m1/s1. The van der Waals surface area contributed by atoms with Gasteiger partial charge in [0.15, 0.2) is 0 Å². The molecule has 0 saturated carbocycles. The van der Waals surface area contributed by atoms with Crippen LogP contribution in [-0.2, 0) is 11.3 Å². The molecular formula is C19H19N3O. The van der Waals surface area contributed by atoms with Crippen molar-refractivity contribution < 1.29 is 4.79 Å². The van der Waals surface area contributed by atoms with Crippen molar-refractivity contribution in [2.45, 2.75) is 31.8 Å². The van der Waals surface area contributed by atoms with Gasteiger partial charge < -0.3 is 10.6 Å². The Balaban J connectivity index is 1.97. The van der Waals surface area contributed by atoms with Crippen LogP contribution >= 0.6 is 0 Å². The van der Waals surface area contributed by atoms with Gasteiger partial charge in [-0.05, 0) is 42.7 Å². The van der Waals surface area contributed by atoms with Crippen molar-refractivity contribution in [1.29, 1.82) is 5.26 Å². The average Bonchev–Trinajstić information content (AvgIpc) is 2.57. The number of nitriles is 1. The molecule has 0 unspecified atom stereocenters. The molecule has 1 aliphatic heterocycles. The minimum Gasteiger partial charge on any atom is -0.369 e. The van der Waals surface area contributed by atoms with Gasteiger partial charge in [0.1, 0.15) is 0 Å². The first-order valence-corrected chi connectivity index (χ1v) is 7.74. The number of hydrogen-bond acceptors (Lipinski definition) is 3. The monoisotopic (exact) mass is 305 g/mol. The topological polar surface area (TPSA) is 70.1 Å². The Hall–Kier alpha value is -2.80. The smallest absolute Gasteiger partial charge is 0.225 e. The second kappa shape index (κ2) is 6.13. The van der Waals surface area contributed by atoms with E-state index in [9.17, 15) is 4.79 Å². The summed E-state index contributed by atoms with van der Waals surface area (Å²) in [6.07, 6.45) is 0.713. The Labute approximate surface area is 136 Å². The number of amides is 1. The number of benzene rings is 2. The Morgan fingerprint density at radius 3 is 2.83 bits per heavy atom. The molecule has 2 atom stereocenters. The van der Waals surface area contributed by atoms with Crippen LogP contribution in [0.25, 0.3) is 0 Å². The van der Waals surface area contributed by atoms with Gasteiger partial charge >= 0.3 is 0 Å². The number of nitrogens with zero attached hydrogens (tertiary/aromatic N) is 2. The minimum absolute atomic E-state index is 0.202. The first-order chi connectivity index (χ1) is 11.1. The Kier molecular flexibility index (Phi) is 4.03. The highest BCUT2D eigenvalue weighted by Gasteiger charge is 2.32. The zero-order chi connectivity index (χ0) is 16.4. The van der Waals surface area contributed by atoms with Crippen LogP contribution in [0.2, 0.25) is 0 Å². The fourth-order valence-electron chi connectivity index (χ4n) is 3.32. The summed E-state index contributed by atoms with van der Waals surface area (Å²) in [5.74, 6) is -0.502. The lowest BCUT2D eigenvalue weighted by Crippen LogP contribution is -2.41. The maximum Gasteiger partial charge on any atom is 0.225 e. The van der Waals surface area contributed by atoms with Gasteiger partial charge in [0.05, 0.1) is 17.6 Å². The number of fused-ring (bicyclic) bond motifs is 1. The van der Waals surface area contributed by atoms with Gasteiger partial charge in [-0.25, -0.2) is 0 Å². The van der Waals surface area contributed by atoms with Crippen molar-refractivity contribution in [1.82, 2.24) is 0 Å². The number of para-hydroxylation sites is 1.